The number of hydrogen-bond acceptors (Lipinski definition) is 3. The number of hydrogen-bond donors (Lipinski definition) is 1. The molecule has 0 bridgehead atoms. The molecule has 0 fully saturated rings. The first-order valence-electron chi connectivity index (χ1n) is 4.93. The summed E-state index contributed by atoms with van der Waals surface area (Å²) in [5, 5.41) is 0.369. The molecule has 0 aliphatic rings. The first kappa shape index (κ1) is 13.9. The maximum absolute atomic E-state index is 12.2. The van der Waals surface area contributed by atoms with Crippen LogP contribution < -0.4 is 4.72 Å². The summed E-state index contributed by atoms with van der Waals surface area (Å²) in [6, 6.07) is 8.30. The topological polar surface area (TPSA) is 46.2 Å². The highest BCUT2D eigenvalue weighted by Gasteiger charge is 2.20. The number of halogens is 2. The number of aryl methyl sites for hydroxylation is 1. The van der Waals surface area contributed by atoms with E-state index < -0.39 is 10.0 Å². The molecule has 1 aromatic heterocycles. The van der Waals surface area contributed by atoms with Gasteiger partial charge in [0, 0.05) is 4.88 Å². The molecule has 0 atom stereocenters. The lowest BCUT2D eigenvalue weighted by Gasteiger charge is -2.08. The number of sulfonamides is 1. The van der Waals surface area contributed by atoms with Crippen molar-refractivity contribution < 1.29 is 8.42 Å². The van der Waals surface area contributed by atoms with E-state index in [2.05, 4.69) is 20.7 Å². The van der Waals surface area contributed by atoms with Crippen LogP contribution in [0.3, 0.4) is 0 Å². The van der Waals surface area contributed by atoms with E-state index in [-0.39, 0.29) is 4.90 Å². The largest absolute Gasteiger partial charge is 0.278 e. The average Bonchev–Trinajstić information content (AvgIpc) is 2.62. The van der Waals surface area contributed by atoms with Crippen molar-refractivity contribution in [2.24, 2.45) is 0 Å². The molecule has 0 saturated carbocycles. The standard InChI is InChI=1S/C11H9BrClNO2S2/c1-7-10(6-11(12)17-7)18(15,16)14-9-5-3-2-4-8(9)13/h2-6,14H,1H3. The Balaban J connectivity index is 2.40. The highest BCUT2D eigenvalue weighted by atomic mass is 79.9. The van der Waals surface area contributed by atoms with Crippen LogP contribution in [-0.2, 0) is 10.0 Å². The molecule has 7 heteroatoms. The molecule has 0 aliphatic heterocycles. The lowest BCUT2D eigenvalue weighted by molar-refractivity contribution is 0.601. The lowest BCUT2D eigenvalue weighted by atomic mass is 10.3. The highest BCUT2D eigenvalue weighted by molar-refractivity contribution is 9.11. The molecule has 3 nitrogen and oxygen atoms in total. The van der Waals surface area contributed by atoms with Crippen LogP contribution in [0.25, 0.3) is 0 Å². The van der Waals surface area contributed by atoms with Gasteiger partial charge < -0.3 is 0 Å². The molecule has 0 unspecified atom stereocenters. The fourth-order valence-electron chi connectivity index (χ4n) is 1.44. The number of benzene rings is 1. The summed E-state index contributed by atoms with van der Waals surface area (Å²) in [6.45, 7) is 1.76. The normalized spacial score (nSPS) is 11.5. The van der Waals surface area contributed by atoms with E-state index in [4.69, 9.17) is 11.6 Å². The van der Waals surface area contributed by atoms with Crippen molar-refractivity contribution in [3.63, 3.8) is 0 Å². The van der Waals surface area contributed by atoms with Crippen LogP contribution in [0, 0.1) is 6.92 Å². The Morgan fingerprint density at radius 3 is 2.56 bits per heavy atom. The Kier molecular flexibility index (Phi) is 4.01. The van der Waals surface area contributed by atoms with E-state index in [1.165, 1.54) is 11.3 Å². The number of nitrogens with one attached hydrogen (secondary N) is 1. The molecule has 1 heterocycles. The predicted octanol–water partition coefficient (Wildman–Crippen LogP) is 4.27. The van der Waals surface area contributed by atoms with Gasteiger partial charge in [0.1, 0.15) is 4.90 Å². The van der Waals surface area contributed by atoms with Crippen molar-refractivity contribution in [2.75, 3.05) is 4.72 Å². The molecule has 96 valence electrons. The van der Waals surface area contributed by atoms with Crippen LogP contribution in [0.4, 0.5) is 5.69 Å². The van der Waals surface area contributed by atoms with Gasteiger partial charge in [0.2, 0.25) is 0 Å². The smallest absolute Gasteiger partial charge is 0.263 e. The number of anilines is 1. The number of rotatable bonds is 3. The summed E-state index contributed by atoms with van der Waals surface area (Å²) in [5.74, 6) is 0. The van der Waals surface area contributed by atoms with Gasteiger partial charge in [0.05, 0.1) is 14.5 Å². The fraction of sp³-hybridized carbons (Fsp3) is 0.0909. The molecular weight excluding hydrogens is 358 g/mol. The van der Waals surface area contributed by atoms with Crippen molar-refractivity contribution in [3.05, 3.63) is 44.0 Å². The molecule has 2 aromatic rings. The third-order valence-electron chi connectivity index (χ3n) is 2.25. The molecule has 18 heavy (non-hydrogen) atoms. The SMILES string of the molecule is Cc1sc(Br)cc1S(=O)(=O)Nc1ccccc1Cl. The molecular formula is C11H9BrClNO2S2. The van der Waals surface area contributed by atoms with Crippen LogP contribution in [0.1, 0.15) is 4.88 Å². The molecule has 0 aliphatic carbocycles. The van der Waals surface area contributed by atoms with Gasteiger partial charge in [0.25, 0.3) is 10.0 Å². The third-order valence-corrected chi connectivity index (χ3v) is 5.75. The zero-order valence-corrected chi connectivity index (χ0v) is 13.3. The first-order chi connectivity index (χ1) is 8.40. The lowest BCUT2D eigenvalue weighted by Crippen LogP contribution is -2.13. The minimum atomic E-state index is -3.60. The maximum Gasteiger partial charge on any atom is 0.263 e. The summed E-state index contributed by atoms with van der Waals surface area (Å²) < 4.78 is 27.7. The van der Waals surface area contributed by atoms with Crippen molar-refractivity contribution in [1.82, 2.24) is 0 Å². The second-order valence-corrected chi connectivity index (χ2v) is 8.25. The Morgan fingerprint density at radius 2 is 2.00 bits per heavy atom. The van der Waals surface area contributed by atoms with Crippen LogP contribution >= 0.6 is 38.9 Å². The number of thiophene rings is 1. The van der Waals surface area contributed by atoms with Gasteiger partial charge in [-0.3, -0.25) is 4.72 Å². The fourth-order valence-corrected chi connectivity index (χ4v) is 5.18. The van der Waals surface area contributed by atoms with Crippen LogP contribution in [0.2, 0.25) is 5.02 Å². The second-order valence-electron chi connectivity index (χ2n) is 3.56. The average molecular weight is 367 g/mol. The minimum absolute atomic E-state index is 0.263. The first-order valence-corrected chi connectivity index (χ1v) is 8.40. The molecule has 0 saturated heterocycles. The minimum Gasteiger partial charge on any atom is -0.278 e. The Hall–Kier alpha value is -0.560. The number of para-hydroxylation sites is 1. The van der Waals surface area contributed by atoms with E-state index in [0.717, 1.165) is 8.66 Å². The van der Waals surface area contributed by atoms with E-state index in [0.29, 0.717) is 10.7 Å². The summed E-state index contributed by atoms with van der Waals surface area (Å²) in [7, 11) is -3.60. The van der Waals surface area contributed by atoms with E-state index in [1.807, 2.05) is 0 Å². The van der Waals surface area contributed by atoms with Crippen LogP contribution in [0.5, 0.6) is 0 Å². The van der Waals surface area contributed by atoms with Gasteiger partial charge in [-0.1, -0.05) is 23.7 Å². The third kappa shape index (κ3) is 2.88. The molecule has 0 amide bonds. The van der Waals surface area contributed by atoms with E-state index >= 15 is 0 Å². The van der Waals surface area contributed by atoms with Gasteiger partial charge in [-0.2, -0.15) is 0 Å². The van der Waals surface area contributed by atoms with Crippen molar-refractivity contribution in [1.29, 1.82) is 0 Å². The molecule has 1 aromatic carbocycles. The second kappa shape index (κ2) is 5.21. The summed E-state index contributed by atoms with van der Waals surface area (Å²) in [5.41, 5.74) is 0.376. The molecule has 2 rings (SSSR count). The highest BCUT2D eigenvalue weighted by Crippen LogP contribution is 2.31. The van der Waals surface area contributed by atoms with Crippen LogP contribution in [-0.4, -0.2) is 8.42 Å². The van der Waals surface area contributed by atoms with Gasteiger partial charge in [-0.25, -0.2) is 8.42 Å². The molecule has 0 spiro atoms. The maximum atomic E-state index is 12.2. The predicted molar refractivity (Wildman–Crippen MR) is 79.0 cm³/mol. The van der Waals surface area contributed by atoms with Gasteiger partial charge in [-0.15, -0.1) is 11.3 Å². The Bertz CT molecular complexity index is 682. The zero-order valence-electron chi connectivity index (χ0n) is 9.28. The quantitative estimate of drug-likeness (QED) is 0.881. The molecule has 0 radical (unpaired) electrons. The Labute approximate surface area is 123 Å². The van der Waals surface area contributed by atoms with E-state index in [1.54, 1.807) is 37.3 Å². The van der Waals surface area contributed by atoms with Crippen molar-refractivity contribution in [3.8, 4) is 0 Å². The van der Waals surface area contributed by atoms with Gasteiger partial charge in [0.15, 0.2) is 0 Å². The van der Waals surface area contributed by atoms with Gasteiger partial charge >= 0.3 is 0 Å². The van der Waals surface area contributed by atoms with Crippen molar-refractivity contribution >= 4 is 54.6 Å². The summed E-state index contributed by atoms with van der Waals surface area (Å²) >= 11 is 10.6. The van der Waals surface area contributed by atoms with Gasteiger partial charge in [-0.05, 0) is 41.1 Å². The Morgan fingerprint density at radius 1 is 1.33 bits per heavy atom. The van der Waals surface area contributed by atoms with Crippen molar-refractivity contribution in [2.45, 2.75) is 11.8 Å². The monoisotopic (exact) mass is 365 g/mol. The zero-order chi connectivity index (χ0) is 13.3. The summed E-state index contributed by atoms with van der Waals surface area (Å²) in [6.07, 6.45) is 0. The molecule has 1 N–H and O–H groups in total. The van der Waals surface area contributed by atoms with E-state index in [9.17, 15) is 8.42 Å². The summed E-state index contributed by atoms with van der Waals surface area (Å²) in [4.78, 5) is 0.987. The van der Waals surface area contributed by atoms with Crippen LogP contribution in [0.15, 0.2) is 39.0 Å².